The SMILES string of the molecule is CC(C)Cc1cc(Cl)ccc1-n1cnnn1. The van der Waals surface area contributed by atoms with Gasteiger partial charge in [-0.2, -0.15) is 0 Å². The zero-order valence-electron chi connectivity index (χ0n) is 9.26. The van der Waals surface area contributed by atoms with Crippen LogP contribution in [0, 0.1) is 5.92 Å². The molecule has 0 aliphatic heterocycles. The molecule has 0 aliphatic rings. The molecular formula is C11H13ClN4. The van der Waals surface area contributed by atoms with Gasteiger partial charge in [0.2, 0.25) is 0 Å². The van der Waals surface area contributed by atoms with Gasteiger partial charge in [0.05, 0.1) is 5.69 Å². The zero-order chi connectivity index (χ0) is 11.5. The molecule has 16 heavy (non-hydrogen) atoms. The summed E-state index contributed by atoms with van der Waals surface area (Å²) in [4.78, 5) is 0. The molecule has 0 atom stereocenters. The summed E-state index contributed by atoms with van der Waals surface area (Å²) in [5.74, 6) is 0.564. The van der Waals surface area contributed by atoms with Crippen LogP contribution in [-0.4, -0.2) is 20.2 Å². The van der Waals surface area contributed by atoms with Crippen LogP contribution in [0.3, 0.4) is 0 Å². The van der Waals surface area contributed by atoms with Gasteiger partial charge in [-0.05, 0) is 46.5 Å². The Morgan fingerprint density at radius 3 is 2.81 bits per heavy atom. The largest absolute Gasteiger partial charge is 0.200 e. The van der Waals surface area contributed by atoms with Gasteiger partial charge in [-0.15, -0.1) is 5.10 Å². The van der Waals surface area contributed by atoms with Crippen molar-refractivity contribution in [2.24, 2.45) is 5.92 Å². The fourth-order valence-electron chi connectivity index (χ4n) is 1.65. The fourth-order valence-corrected chi connectivity index (χ4v) is 1.85. The normalized spacial score (nSPS) is 11.0. The van der Waals surface area contributed by atoms with Crippen molar-refractivity contribution in [1.29, 1.82) is 0 Å². The molecule has 2 aromatic rings. The number of aromatic nitrogens is 4. The lowest BCUT2D eigenvalue weighted by Crippen LogP contribution is -2.03. The molecule has 2 rings (SSSR count). The second kappa shape index (κ2) is 4.61. The van der Waals surface area contributed by atoms with Crippen LogP contribution in [0.5, 0.6) is 0 Å². The van der Waals surface area contributed by atoms with Crippen molar-refractivity contribution in [3.8, 4) is 5.69 Å². The summed E-state index contributed by atoms with van der Waals surface area (Å²) < 4.78 is 1.66. The minimum atomic E-state index is 0.564. The smallest absolute Gasteiger partial charge is 0.143 e. The molecule has 0 amide bonds. The van der Waals surface area contributed by atoms with Crippen LogP contribution in [0.4, 0.5) is 0 Å². The van der Waals surface area contributed by atoms with Gasteiger partial charge in [-0.1, -0.05) is 25.4 Å². The lowest BCUT2D eigenvalue weighted by molar-refractivity contribution is 0.641. The van der Waals surface area contributed by atoms with E-state index < -0.39 is 0 Å². The number of benzene rings is 1. The van der Waals surface area contributed by atoms with Crippen molar-refractivity contribution in [3.63, 3.8) is 0 Å². The van der Waals surface area contributed by atoms with Crippen molar-refractivity contribution < 1.29 is 0 Å². The Balaban J connectivity index is 2.44. The van der Waals surface area contributed by atoms with Crippen LogP contribution >= 0.6 is 11.6 Å². The van der Waals surface area contributed by atoms with Crippen molar-refractivity contribution in [3.05, 3.63) is 35.1 Å². The highest BCUT2D eigenvalue weighted by atomic mass is 35.5. The maximum absolute atomic E-state index is 6.00. The third-order valence-corrected chi connectivity index (χ3v) is 2.50. The molecule has 0 N–H and O–H groups in total. The molecule has 4 nitrogen and oxygen atoms in total. The fraction of sp³-hybridized carbons (Fsp3) is 0.364. The second-order valence-corrected chi connectivity index (χ2v) is 4.56. The summed E-state index contributed by atoms with van der Waals surface area (Å²) in [7, 11) is 0. The molecule has 0 unspecified atom stereocenters. The summed E-state index contributed by atoms with van der Waals surface area (Å²) in [5.41, 5.74) is 2.15. The molecule has 1 aromatic carbocycles. The van der Waals surface area contributed by atoms with E-state index in [2.05, 4.69) is 29.4 Å². The predicted octanol–water partition coefficient (Wildman–Crippen LogP) is 2.51. The highest BCUT2D eigenvalue weighted by Crippen LogP contribution is 2.21. The molecule has 0 radical (unpaired) electrons. The molecule has 0 saturated heterocycles. The summed E-state index contributed by atoms with van der Waals surface area (Å²) in [6.45, 7) is 4.34. The van der Waals surface area contributed by atoms with Crippen LogP contribution < -0.4 is 0 Å². The first-order chi connectivity index (χ1) is 7.66. The molecule has 0 fully saturated rings. The Morgan fingerprint density at radius 2 is 2.19 bits per heavy atom. The molecule has 0 aliphatic carbocycles. The van der Waals surface area contributed by atoms with Crippen molar-refractivity contribution >= 4 is 11.6 Å². The lowest BCUT2D eigenvalue weighted by Gasteiger charge is -2.11. The molecule has 0 spiro atoms. The van der Waals surface area contributed by atoms with E-state index >= 15 is 0 Å². The van der Waals surface area contributed by atoms with Gasteiger partial charge in [0.1, 0.15) is 6.33 Å². The third kappa shape index (κ3) is 2.39. The minimum Gasteiger partial charge on any atom is -0.200 e. The lowest BCUT2D eigenvalue weighted by atomic mass is 10.0. The van der Waals surface area contributed by atoms with Gasteiger partial charge in [0, 0.05) is 5.02 Å². The van der Waals surface area contributed by atoms with Crippen LogP contribution in [0.25, 0.3) is 5.69 Å². The van der Waals surface area contributed by atoms with E-state index in [1.54, 1.807) is 11.0 Å². The van der Waals surface area contributed by atoms with Gasteiger partial charge in [0.15, 0.2) is 0 Å². The van der Waals surface area contributed by atoms with Gasteiger partial charge in [-0.3, -0.25) is 0 Å². The van der Waals surface area contributed by atoms with Crippen molar-refractivity contribution in [2.45, 2.75) is 20.3 Å². The average molecular weight is 237 g/mol. The van der Waals surface area contributed by atoms with Crippen LogP contribution in [-0.2, 0) is 6.42 Å². The number of hydrogen-bond acceptors (Lipinski definition) is 3. The summed E-state index contributed by atoms with van der Waals surface area (Å²) in [5, 5.41) is 11.9. The minimum absolute atomic E-state index is 0.564. The Bertz CT molecular complexity index is 465. The van der Waals surface area contributed by atoms with Gasteiger partial charge >= 0.3 is 0 Å². The third-order valence-electron chi connectivity index (χ3n) is 2.27. The van der Waals surface area contributed by atoms with Crippen molar-refractivity contribution in [2.75, 3.05) is 0 Å². The Labute approximate surface area is 99.2 Å². The molecule has 5 heteroatoms. The molecule has 0 saturated carbocycles. The maximum Gasteiger partial charge on any atom is 0.143 e. The monoisotopic (exact) mass is 236 g/mol. The quantitative estimate of drug-likeness (QED) is 0.823. The summed E-state index contributed by atoms with van der Waals surface area (Å²) in [6, 6.07) is 5.76. The van der Waals surface area contributed by atoms with E-state index in [0.29, 0.717) is 5.92 Å². The Hall–Kier alpha value is -1.42. The average Bonchev–Trinajstić information content (AvgIpc) is 2.69. The predicted molar refractivity (Wildman–Crippen MR) is 62.7 cm³/mol. The first-order valence-corrected chi connectivity index (χ1v) is 5.56. The van der Waals surface area contributed by atoms with E-state index in [1.165, 1.54) is 0 Å². The number of tetrazole rings is 1. The highest BCUT2D eigenvalue weighted by molar-refractivity contribution is 6.30. The highest BCUT2D eigenvalue weighted by Gasteiger charge is 2.08. The van der Waals surface area contributed by atoms with Gasteiger partial charge < -0.3 is 0 Å². The zero-order valence-corrected chi connectivity index (χ0v) is 10.0. The Kier molecular flexibility index (Phi) is 3.19. The summed E-state index contributed by atoms with van der Waals surface area (Å²) in [6.07, 6.45) is 2.54. The topological polar surface area (TPSA) is 43.6 Å². The van der Waals surface area contributed by atoms with Gasteiger partial charge in [0.25, 0.3) is 0 Å². The number of rotatable bonds is 3. The second-order valence-electron chi connectivity index (χ2n) is 4.13. The molecular weight excluding hydrogens is 224 g/mol. The van der Waals surface area contributed by atoms with E-state index in [9.17, 15) is 0 Å². The first kappa shape index (κ1) is 11.1. The van der Waals surface area contributed by atoms with Crippen LogP contribution in [0.1, 0.15) is 19.4 Å². The first-order valence-electron chi connectivity index (χ1n) is 5.18. The number of halogens is 1. The molecule has 1 heterocycles. The standard InChI is InChI=1S/C11H13ClN4/c1-8(2)5-9-6-10(12)3-4-11(9)16-7-13-14-15-16/h3-4,6-8H,5H2,1-2H3. The van der Waals surface area contributed by atoms with Crippen LogP contribution in [0.15, 0.2) is 24.5 Å². The van der Waals surface area contributed by atoms with E-state index in [0.717, 1.165) is 22.7 Å². The molecule has 84 valence electrons. The Morgan fingerprint density at radius 1 is 1.38 bits per heavy atom. The van der Waals surface area contributed by atoms with E-state index in [-0.39, 0.29) is 0 Å². The molecule has 1 aromatic heterocycles. The van der Waals surface area contributed by atoms with E-state index in [4.69, 9.17) is 11.6 Å². The van der Waals surface area contributed by atoms with Crippen LogP contribution in [0.2, 0.25) is 5.02 Å². The van der Waals surface area contributed by atoms with Gasteiger partial charge in [-0.25, -0.2) is 4.68 Å². The maximum atomic E-state index is 6.00. The number of hydrogen-bond donors (Lipinski definition) is 0. The number of nitrogens with zero attached hydrogens (tertiary/aromatic N) is 4. The van der Waals surface area contributed by atoms with Crippen molar-refractivity contribution in [1.82, 2.24) is 20.2 Å². The summed E-state index contributed by atoms with van der Waals surface area (Å²) >= 11 is 6.00. The van der Waals surface area contributed by atoms with E-state index in [1.807, 2.05) is 18.2 Å². The molecule has 0 bridgehead atoms.